The number of amides is 2. The first-order valence-corrected chi connectivity index (χ1v) is 7.68. The number of carbonyl (C=O) groups excluding carboxylic acids is 3. The fourth-order valence-corrected chi connectivity index (χ4v) is 2.45. The van der Waals surface area contributed by atoms with Crippen molar-refractivity contribution < 1.29 is 37.4 Å². The van der Waals surface area contributed by atoms with Crippen molar-refractivity contribution in [1.29, 1.82) is 0 Å². The van der Waals surface area contributed by atoms with Crippen LogP contribution in [-0.2, 0) is 9.53 Å². The van der Waals surface area contributed by atoms with Crippen molar-refractivity contribution in [2.75, 3.05) is 13.2 Å². The van der Waals surface area contributed by atoms with Gasteiger partial charge in [0, 0.05) is 12.5 Å². The van der Waals surface area contributed by atoms with Gasteiger partial charge < -0.3 is 9.84 Å². The smallest absolute Gasteiger partial charge is 0.419 e. The van der Waals surface area contributed by atoms with E-state index in [1.54, 1.807) is 0 Å². The van der Waals surface area contributed by atoms with Gasteiger partial charge in [0.25, 0.3) is 11.8 Å². The molecule has 1 aliphatic rings. The van der Waals surface area contributed by atoms with Crippen LogP contribution in [-0.4, -0.2) is 52.7 Å². The summed E-state index contributed by atoms with van der Waals surface area (Å²) >= 11 is 0. The van der Waals surface area contributed by atoms with E-state index in [0.29, 0.717) is 4.90 Å². The predicted octanol–water partition coefficient (Wildman–Crippen LogP) is 2.09. The van der Waals surface area contributed by atoms with Crippen molar-refractivity contribution >= 4 is 17.8 Å². The number of imide groups is 1. The van der Waals surface area contributed by atoms with E-state index in [-0.39, 0.29) is 17.7 Å². The Morgan fingerprint density at radius 1 is 1.19 bits per heavy atom. The number of ether oxygens (including phenoxy) is 1. The molecule has 0 fully saturated rings. The Balaban J connectivity index is 2.23. The van der Waals surface area contributed by atoms with Gasteiger partial charge in [-0.15, -0.1) is 0 Å². The van der Waals surface area contributed by atoms with Gasteiger partial charge in [-0.2, -0.15) is 13.2 Å². The maximum absolute atomic E-state index is 13.4. The third-order valence-electron chi connectivity index (χ3n) is 3.82. The van der Waals surface area contributed by atoms with E-state index >= 15 is 0 Å². The third kappa shape index (κ3) is 3.77. The summed E-state index contributed by atoms with van der Waals surface area (Å²) in [5.74, 6) is -2.69. The maximum atomic E-state index is 13.4. The largest absolute Gasteiger partial charge is 0.463 e. The third-order valence-corrected chi connectivity index (χ3v) is 3.82. The Hall–Kier alpha value is -2.68. The molecule has 9 heteroatoms. The average Bonchev–Trinajstić information content (AvgIpc) is 2.79. The molecular formula is C17H16F3NO5. The number of carbonyl (C=O) groups is 3. The van der Waals surface area contributed by atoms with E-state index in [0.717, 1.165) is 12.2 Å². The number of nitrogens with zero attached hydrogens (tertiary/aromatic N) is 1. The van der Waals surface area contributed by atoms with Gasteiger partial charge in [-0.3, -0.25) is 14.5 Å². The van der Waals surface area contributed by atoms with E-state index in [1.165, 1.54) is 31.2 Å². The highest BCUT2D eigenvalue weighted by Crippen LogP contribution is 2.36. The van der Waals surface area contributed by atoms with Gasteiger partial charge in [0.15, 0.2) is 5.60 Å². The number of esters is 1. The maximum Gasteiger partial charge on any atom is 0.419 e. The van der Waals surface area contributed by atoms with Crippen LogP contribution in [0.3, 0.4) is 0 Å². The monoisotopic (exact) mass is 371 g/mol. The summed E-state index contributed by atoms with van der Waals surface area (Å²) in [6.07, 6.45) is -4.61. The molecule has 0 spiro atoms. The summed E-state index contributed by atoms with van der Waals surface area (Å²) in [5, 5.41) is 10.1. The zero-order valence-corrected chi connectivity index (χ0v) is 13.7. The Labute approximate surface area is 146 Å². The Bertz CT molecular complexity index is 724. The highest BCUT2D eigenvalue weighted by Gasteiger charge is 2.56. The molecule has 2 rings (SSSR count). The number of fused-ring (bicyclic) bond motifs is 1. The molecule has 1 aromatic carbocycles. The molecule has 0 radical (unpaired) electrons. The first-order valence-electron chi connectivity index (χ1n) is 7.68. The first kappa shape index (κ1) is 19.6. The number of alkyl halides is 3. The number of aliphatic hydroxyl groups is 1. The quantitative estimate of drug-likeness (QED) is 0.470. The molecule has 1 N–H and O–H groups in total. The molecule has 0 unspecified atom stereocenters. The van der Waals surface area contributed by atoms with Crippen LogP contribution < -0.4 is 0 Å². The van der Waals surface area contributed by atoms with Crippen LogP contribution in [0.1, 0.15) is 34.1 Å². The summed E-state index contributed by atoms with van der Waals surface area (Å²) < 4.78 is 44.6. The lowest BCUT2D eigenvalue weighted by molar-refractivity contribution is -0.260. The van der Waals surface area contributed by atoms with Crippen LogP contribution in [0.25, 0.3) is 0 Å². The summed E-state index contributed by atoms with van der Waals surface area (Å²) in [6.45, 7) is 0.290. The minimum absolute atomic E-state index is 0.0240. The second-order valence-electron chi connectivity index (χ2n) is 5.63. The van der Waals surface area contributed by atoms with Crippen molar-refractivity contribution in [3.63, 3.8) is 0 Å². The van der Waals surface area contributed by atoms with Crippen molar-refractivity contribution in [3.8, 4) is 0 Å². The lowest BCUT2D eigenvalue weighted by atomic mass is 9.97. The van der Waals surface area contributed by atoms with Crippen LogP contribution >= 0.6 is 0 Å². The van der Waals surface area contributed by atoms with Gasteiger partial charge >= 0.3 is 12.1 Å². The second-order valence-corrected chi connectivity index (χ2v) is 5.63. The van der Waals surface area contributed by atoms with Crippen LogP contribution in [0.15, 0.2) is 36.4 Å². The van der Waals surface area contributed by atoms with E-state index in [4.69, 9.17) is 0 Å². The summed E-state index contributed by atoms with van der Waals surface area (Å²) in [4.78, 5) is 36.0. The zero-order chi connectivity index (χ0) is 19.5. The van der Waals surface area contributed by atoms with E-state index in [1.807, 2.05) is 0 Å². The van der Waals surface area contributed by atoms with Gasteiger partial charge in [-0.1, -0.05) is 18.2 Å². The van der Waals surface area contributed by atoms with Crippen LogP contribution in [0.4, 0.5) is 13.2 Å². The molecule has 1 heterocycles. The van der Waals surface area contributed by atoms with Crippen LogP contribution in [0.2, 0.25) is 0 Å². The molecule has 0 aliphatic carbocycles. The van der Waals surface area contributed by atoms with Gasteiger partial charge in [-0.05, 0) is 19.1 Å². The molecule has 2 amide bonds. The molecule has 0 bridgehead atoms. The summed E-state index contributed by atoms with van der Waals surface area (Å²) in [7, 11) is 0. The van der Waals surface area contributed by atoms with Gasteiger partial charge in [0.05, 0.1) is 24.3 Å². The second kappa shape index (κ2) is 7.28. The van der Waals surface area contributed by atoms with E-state index in [2.05, 4.69) is 4.74 Å². The van der Waals surface area contributed by atoms with Crippen molar-refractivity contribution in [3.05, 3.63) is 47.5 Å². The Morgan fingerprint density at radius 2 is 1.73 bits per heavy atom. The highest BCUT2D eigenvalue weighted by atomic mass is 19.4. The Kier molecular flexibility index (Phi) is 5.50. The lowest BCUT2D eigenvalue weighted by Gasteiger charge is -2.32. The normalized spacial score (nSPS) is 16.7. The SMILES string of the molecule is CCOC(=O)/C=C\C[C@](O)(CN1C(=O)c2ccccc2C1=O)C(F)(F)F. The predicted molar refractivity (Wildman–Crippen MR) is 83.2 cm³/mol. The van der Waals surface area contributed by atoms with Gasteiger partial charge in [0.2, 0.25) is 0 Å². The highest BCUT2D eigenvalue weighted by molar-refractivity contribution is 6.21. The molecule has 0 aromatic heterocycles. The molecule has 1 aromatic rings. The molecule has 140 valence electrons. The number of benzene rings is 1. The minimum Gasteiger partial charge on any atom is -0.463 e. The van der Waals surface area contributed by atoms with E-state index < -0.39 is 42.5 Å². The first-order chi connectivity index (χ1) is 12.1. The lowest BCUT2D eigenvalue weighted by Crippen LogP contribution is -2.54. The van der Waals surface area contributed by atoms with Crippen molar-refractivity contribution in [1.82, 2.24) is 4.90 Å². The standard InChI is InChI=1S/C17H16F3NO5/c1-2-26-13(22)8-5-9-16(25,17(18,19)20)10-21-14(23)11-6-3-4-7-12(11)15(21)24/h3-8,25H,2,9-10H2,1H3/b8-5-/t16-/m0/s1. The van der Waals surface area contributed by atoms with Gasteiger partial charge in [0.1, 0.15) is 0 Å². The fourth-order valence-electron chi connectivity index (χ4n) is 2.45. The molecule has 1 aliphatic heterocycles. The van der Waals surface area contributed by atoms with Gasteiger partial charge in [-0.25, -0.2) is 4.79 Å². The molecule has 0 saturated heterocycles. The number of hydrogen-bond donors (Lipinski definition) is 1. The average molecular weight is 371 g/mol. The van der Waals surface area contributed by atoms with Crippen molar-refractivity contribution in [2.45, 2.75) is 25.1 Å². The zero-order valence-electron chi connectivity index (χ0n) is 13.7. The Morgan fingerprint density at radius 3 is 2.19 bits per heavy atom. The van der Waals surface area contributed by atoms with Crippen molar-refractivity contribution in [2.24, 2.45) is 0 Å². The number of hydrogen-bond acceptors (Lipinski definition) is 5. The summed E-state index contributed by atoms with van der Waals surface area (Å²) in [6, 6.07) is 5.60. The molecular weight excluding hydrogens is 355 g/mol. The number of rotatable bonds is 6. The van der Waals surface area contributed by atoms with Crippen LogP contribution in [0.5, 0.6) is 0 Å². The minimum atomic E-state index is -5.14. The van der Waals surface area contributed by atoms with E-state index in [9.17, 15) is 32.7 Å². The number of β-amino-alcohol motifs (C(OH)–C–C–N with tert-alkyl or cyclic N) is 1. The molecule has 6 nitrogen and oxygen atoms in total. The molecule has 0 saturated carbocycles. The van der Waals surface area contributed by atoms with Crippen LogP contribution in [0, 0.1) is 0 Å². The number of halogens is 3. The molecule has 1 atom stereocenters. The molecule has 26 heavy (non-hydrogen) atoms. The summed E-state index contributed by atoms with van der Waals surface area (Å²) in [5.41, 5.74) is -3.45. The topological polar surface area (TPSA) is 83.9 Å². The fraction of sp³-hybridized carbons (Fsp3) is 0.353.